The molecule has 1 aromatic carbocycles. The smallest absolute Gasteiger partial charge is 0.186 e. The van der Waals surface area contributed by atoms with Gasteiger partial charge in [0.15, 0.2) is 5.69 Å². The number of anilines is 1. The highest BCUT2D eigenvalue weighted by Crippen LogP contribution is 2.40. The zero-order valence-electron chi connectivity index (χ0n) is 11.4. The SMILES string of the molecule is N#Cc1nnc2ccccc2c1NC1C(N)C2CCOC21. The molecule has 2 aliphatic rings. The van der Waals surface area contributed by atoms with E-state index in [9.17, 15) is 5.26 Å². The molecule has 21 heavy (non-hydrogen) atoms. The van der Waals surface area contributed by atoms with Crippen molar-refractivity contribution in [3.05, 3.63) is 30.0 Å². The minimum Gasteiger partial charge on any atom is -0.376 e. The van der Waals surface area contributed by atoms with E-state index >= 15 is 0 Å². The lowest BCUT2D eigenvalue weighted by molar-refractivity contribution is 0.00540. The first-order chi connectivity index (χ1) is 10.3. The maximum atomic E-state index is 9.28. The Morgan fingerprint density at radius 2 is 2.19 bits per heavy atom. The van der Waals surface area contributed by atoms with Crippen molar-refractivity contribution in [2.75, 3.05) is 11.9 Å². The molecule has 3 N–H and O–H groups in total. The topological polar surface area (TPSA) is 96.9 Å². The monoisotopic (exact) mass is 281 g/mol. The van der Waals surface area contributed by atoms with Crippen LogP contribution in [0, 0.1) is 17.2 Å². The van der Waals surface area contributed by atoms with Gasteiger partial charge >= 0.3 is 0 Å². The summed E-state index contributed by atoms with van der Waals surface area (Å²) in [5.74, 6) is 0.425. The van der Waals surface area contributed by atoms with E-state index in [1.807, 2.05) is 24.3 Å². The molecule has 4 unspecified atom stereocenters. The maximum Gasteiger partial charge on any atom is 0.186 e. The van der Waals surface area contributed by atoms with Crippen LogP contribution in [-0.4, -0.2) is 35.0 Å². The number of nitrogens with zero attached hydrogens (tertiary/aromatic N) is 3. The second kappa shape index (κ2) is 4.65. The molecule has 6 heteroatoms. The second-order valence-electron chi connectivity index (χ2n) is 5.59. The number of nitriles is 1. The lowest BCUT2D eigenvalue weighted by Gasteiger charge is -2.46. The first kappa shape index (κ1) is 12.5. The molecule has 2 fully saturated rings. The number of fused-ring (bicyclic) bond motifs is 2. The van der Waals surface area contributed by atoms with Gasteiger partial charge in [-0.2, -0.15) is 5.26 Å². The highest BCUT2D eigenvalue weighted by Gasteiger charge is 2.52. The fraction of sp³-hybridized carbons (Fsp3) is 0.400. The Hall–Kier alpha value is -2.23. The van der Waals surface area contributed by atoms with Crippen LogP contribution in [0.2, 0.25) is 0 Å². The van der Waals surface area contributed by atoms with Crippen molar-refractivity contribution in [1.29, 1.82) is 5.26 Å². The van der Waals surface area contributed by atoms with Gasteiger partial charge in [0.25, 0.3) is 0 Å². The van der Waals surface area contributed by atoms with E-state index in [4.69, 9.17) is 10.5 Å². The maximum absolute atomic E-state index is 9.28. The summed E-state index contributed by atoms with van der Waals surface area (Å²) >= 11 is 0. The van der Waals surface area contributed by atoms with Crippen LogP contribution in [0.25, 0.3) is 10.9 Å². The summed E-state index contributed by atoms with van der Waals surface area (Å²) in [6.45, 7) is 0.766. The van der Waals surface area contributed by atoms with Gasteiger partial charge in [-0.05, 0) is 12.5 Å². The molecule has 1 aliphatic carbocycles. The molecule has 1 aromatic heterocycles. The van der Waals surface area contributed by atoms with Crippen LogP contribution >= 0.6 is 0 Å². The van der Waals surface area contributed by atoms with E-state index in [-0.39, 0.29) is 18.2 Å². The molecule has 4 rings (SSSR count). The van der Waals surface area contributed by atoms with E-state index in [1.54, 1.807) is 0 Å². The van der Waals surface area contributed by atoms with Gasteiger partial charge in [0, 0.05) is 24.0 Å². The van der Waals surface area contributed by atoms with Crippen LogP contribution in [0.3, 0.4) is 0 Å². The van der Waals surface area contributed by atoms with Crippen molar-refractivity contribution in [3.8, 4) is 6.07 Å². The Kier molecular flexibility index (Phi) is 2.77. The lowest BCUT2D eigenvalue weighted by atomic mass is 9.72. The van der Waals surface area contributed by atoms with E-state index in [2.05, 4.69) is 21.6 Å². The summed E-state index contributed by atoms with van der Waals surface area (Å²) in [6.07, 6.45) is 1.16. The number of benzene rings is 1. The molecule has 0 amide bonds. The fourth-order valence-corrected chi connectivity index (χ4v) is 3.37. The third-order valence-corrected chi connectivity index (χ3v) is 4.53. The number of aromatic nitrogens is 2. The molecule has 6 nitrogen and oxygen atoms in total. The summed E-state index contributed by atoms with van der Waals surface area (Å²) in [5, 5.41) is 21.6. The summed E-state index contributed by atoms with van der Waals surface area (Å²) < 4.78 is 5.73. The van der Waals surface area contributed by atoms with E-state index in [0.29, 0.717) is 17.3 Å². The molecule has 0 spiro atoms. The normalized spacial score (nSPS) is 30.5. The standard InChI is InChI=1S/C15H15N5O/c16-7-11-13(8-3-1-2-4-10(8)19-20-11)18-14-12(17)9-5-6-21-15(9)14/h1-4,9,12,14-15H,5-6,17H2,(H,18,19). The minimum absolute atomic E-state index is 0.0252. The number of ether oxygens (including phenoxy) is 1. The van der Waals surface area contributed by atoms with Crippen LogP contribution in [0.5, 0.6) is 0 Å². The first-order valence-corrected chi connectivity index (χ1v) is 7.09. The highest BCUT2D eigenvalue weighted by atomic mass is 16.5. The molecule has 0 radical (unpaired) electrons. The first-order valence-electron chi connectivity index (χ1n) is 7.09. The predicted octanol–water partition coefficient (Wildman–Crippen LogP) is 1.03. The molecular formula is C15H15N5O. The Bertz CT molecular complexity index is 740. The number of hydrogen-bond acceptors (Lipinski definition) is 6. The molecule has 4 atom stereocenters. The zero-order valence-corrected chi connectivity index (χ0v) is 11.4. The lowest BCUT2D eigenvalue weighted by Crippen LogP contribution is -2.65. The molecule has 2 heterocycles. The van der Waals surface area contributed by atoms with Crippen LogP contribution in [0.4, 0.5) is 5.69 Å². The number of nitrogens with two attached hydrogens (primary N) is 1. The third-order valence-electron chi connectivity index (χ3n) is 4.53. The predicted molar refractivity (Wildman–Crippen MR) is 77.5 cm³/mol. The van der Waals surface area contributed by atoms with Crippen LogP contribution in [-0.2, 0) is 4.74 Å². The summed E-state index contributed by atoms with van der Waals surface area (Å²) in [5.41, 5.74) is 7.99. The number of rotatable bonds is 2. The Morgan fingerprint density at radius 1 is 1.33 bits per heavy atom. The van der Waals surface area contributed by atoms with Crippen LogP contribution in [0.15, 0.2) is 24.3 Å². The van der Waals surface area contributed by atoms with E-state index in [1.165, 1.54) is 0 Å². The molecule has 1 saturated carbocycles. The molecule has 106 valence electrons. The van der Waals surface area contributed by atoms with Gasteiger partial charge in [-0.3, -0.25) is 0 Å². The number of hydrogen-bond donors (Lipinski definition) is 2. The van der Waals surface area contributed by atoms with Crippen molar-refractivity contribution in [2.45, 2.75) is 24.6 Å². The zero-order chi connectivity index (χ0) is 14.4. The van der Waals surface area contributed by atoms with Gasteiger partial charge in [0.05, 0.1) is 23.3 Å². The van der Waals surface area contributed by atoms with Crippen molar-refractivity contribution in [3.63, 3.8) is 0 Å². The van der Waals surface area contributed by atoms with Crippen molar-refractivity contribution in [1.82, 2.24) is 10.2 Å². The number of nitrogens with one attached hydrogen (secondary N) is 1. The van der Waals surface area contributed by atoms with Crippen LogP contribution in [0.1, 0.15) is 12.1 Å². The highest BCUT2D eigenvalue weighted by molar-refractivity contribution is 5.93. The fourth-order valence-electron chi connectivity index (χ4n) is 3.37. The summed E-state index contributed by atoms with van der Waals surface area (Å²) in [4.78, 5) is 0. The molecule has 2 aromatic rings. The van der Waals surface area contributed by atoms with Crippen LogP contribution < -0.4 is 11.1 Å². The quantitative estimate of drug-likeness (QED) is 0.853. The molecule has 1 saturated heterocycles. The largest absolute Gasteiger partial charge is 0.376 e. The third kappa shape index (κ3) is 1.78. The second-order valence-corrected chi connectivity index (χ2v) is 5.59. The summed E-state index contributed by atoms with van der Waals surface area (Å²) in [6, 6.07) is 9.81. The van der Waals surface area contributed by atoms with Gasteiger partial charge < -0.3 is 15.8 Å². The molecular weight excluding hydrogens is 266 g/mol. The molecule has 0 bridgehead atoms. The Morgan fingerprint density at radius 3 is 3.05 bits per heavy atom. The minimum atomic E-state index is 0.0252. The van der Waals surface area contributed by atoms with Gasteiger partial charge in [-0.25, -0.2) is 0 Å². The van der Waals surface area contributed by atoms with Gasteiger partial charge in [-0.15, -0.1) is 10.2 Å². The molecule has 1 aliphatic heterocycles. The van der Waals surface area contributed by atoms with Crippen molar-refractivity contribution < 1.29 is 4.74 Å². The Labute approximate surface area is 121 Å². The average Bonchev–Trinajstić information content (AvgIpc) is 2.97. The van der Waals surface area contributed by atoms with E-state index in [0.717, 1.165) is 23.9 Å². The van der Waals surface area contributed by atoms with Crippen molar-refractivity contribution in [2.24, 2.45) is 11.7 Å². The van der Waals surface area contributed by atoms with E-state index < -0.39 is 0 Å². The van der Waals surface area contributed by atoms with Crippen molar-refractivity contribution >= 4 is 16.6 Å². The summed E-state index contributed by atoms with van der Waals surface area (Å²) in [7, 11) is 0. The van der Waals surface area contributed by atoms with Gasteiger partial charge in [0.1, 0.15) is 6.07 Å². The van der Waals surface area contributed by atoms with Gasteiger partial charge in [0.2, 0.25) is 0 Å². The Balaban J connectivity index is 1.74. The van der Waals surface area contributed by atoms with Gasteiger partial charge in [-0.1, -0.05) is 18.2 Å². The average molecular weight is 281 g/mol.